The van der Waals surface area contributed by atoms with E-state index in [1.54, 1.807) is 24.3 Å². The van der Waals surface area contributed by atoms with Crippen molar-refractivity contribution < 1.29 is 13.5 Å². The maximum Gasteiger partial charge on any atom is 0.123 e. The third kappa shape index (κ3) is 6.84. The number of hydrogen-bond donors (Lipinski definition) is 1. The highest BCUT2D eigenvalue weighted by Gasteiger charge is 2.07. The van der Waals surface area contributed by atoms with Crippen molar-refractivity contribution in [2.75, 3.05) is 12.4 Å². The fraction of sp³-hybridized carbons (Fsp3) is 0.250. The molecule has 29 heavy (non-hydrogen) atoms. The van der Waals surface area contributed by atoms with Gasteiger partial charge in [0.05, 0.1) is 0 Å². The summed E-state index contributed by atoms with van der Waals surface area (Å²) in [6.07, 6.45) is 1.59. The number of halogens is 3. The van der Waals surface area contributed by atoms with E-state index in [2.05, 4.69) is 11.4 Å². The lowest BCUT2D eigenvalue weighted by molar-refractivity contribution is 0.302. The van der Waals surface area contributed by atoms with Crippen LogP contribution in [0.25, 0.3) is 0 Å². The Bertz CT molecular complexity index is 898. The van der Waals surface area contributed by atoms with Crippen molar-refractivity contribution in [1.82, 2.24) is 5.32 Å². The normalized spacial score (nSPS) is 10.9. The van der Waals surface area contributed by atoms with Gasteiger partial charge in [-0.1, -0.05) is 36.4 Å². The molecule has 0 amide bonds. The Labute approximate surface area is 175 Å². The fourth-order valence-corrected chi connectivity index (χ4v) is 3.25. The van der Waals surface area contributed by atoms with Crippen LogP contribution < -0.4 is 10.1 Å². The Morgan fingerprint density at radius 2 is 1.38 bits per heavy atom. The second kappa shape index (κ2) is 10.9. The summed E-state index contributed by atoms with van der Waals surface area (Å²) >= 11 is 5.89. The molecule has 0 radical (unpaired) electrons. The van der Waals surface area contributed by atoms with E-state index in [1.165, 1.54) is 29.8 Å². The molecule has 0 aliphatic rings. The van der Waals surface area contributed by atoms with Crippen LogP contribution >= 0.6 is 11.6 Å². The van der Waals surface area contributed by atoms with E-state index < -0.39 is 0 Å². The minimum absolute atomic E-state index is 0.229. The van der Waals surface area contributed by atoms with E-state index in [4.69, 9.17) is 16.3 Å². The predicted octanol–water partition coefficient (Wildman–Crippen LogP) is 5.66. The van der Waals surface area contributed by atoms with Crippen LogP contribution in [-0.4, -0.2) is 12.4 Å². The molecule has 0 bridgehead atoms. The summed E-state index contributed by atoms with van der Waals surface area (Å²) in [5.41, 5.74) is 4.22. The number of benzene rings is 3. The molecule has 0 aliphatic carbocycles. The monoisotopic (exact) mass is 415 g/mol. The molecule has 1 N–H and O–H groups in total. The standard InChI is InChI=1S/C24H24ClF2NO/c25-13-11-18-5-10-24(29-17-20-3-8-23(27)9-4-20)21(15-18)12-14-28-16-19-1-6-22(26)7-2-19/h1-10,15,28H,11-14,16-17H2. The first-order valence-corrected chi connectivity index (χ1v) is 10.2. The average Bonchev–Trinajstić information content (AvgIpc) is 2.73. The first-order valence-electron chi connectivity index (χ1n) is 9.64. The molecule has 152 valence electrons. The van der Waals surface area contributed by atoms with Crippen LogP contribution in [0.15, 0.2) is 66.7 Å². The highest BCUT2D eigenvalue weighted by Crippen LogP contribution is 2.23. The molecule has 3 aromatic carbocycles. The average molecular weight is 416 g/mol. The van der Waals surface area contributed by atoms with Crippen LogP contribution in [0.2, 0.25) is 0 Å². The van der Waals surface area contributed by atoms with E-state index in [-0.39, 0.29) is 11.6 Å². The third-order valence-corrected chi connectivity index (χ3v) is 4.82. The minimum Gasteiger partial charge on any atom is -0.489 e. The van der Waals surface area contributed by atoms with Crippen LogP contribution in [0.1, 0.15) is 22.3 Å². The van der Waals surface area contributed by atoms with E-state index in [9.17, 15) is 8.78 Å². The highest BCUT2D eigenvalue weighted by molar-refractivity contribution is 6.17. The van der Waals surface area contributed by atoms with Gasteiger partial charge < -0.3 is 10.1 Å². The first-order chi connectivity index (χ1) is 14.1. The van der Waals surface area contributed by atoms with Crippen LogP contribution in [0.4, 0.5) is 8.78 Å². The SMILES string of the molecule is Fc1ccc(CNCCc2cc(CCCl)ccc2OCc2ccc(F)cc2)cc1. The van der Waals surface area contributed by atoms with Gasteiger partial charge in [0.15, 0.2) is 0 Å². The Morgan fingerprint density at radius 1 is 0.759 bits per heavy atom. The van der Waals surface area contributed by atoms with Crippen molar-refractivity contribution in [2.45, 2.75) is 26.0 Å². The van der Waals surface area contributed by atoms with Crippen LogP contribution in [-0.2, 0) is 26.0 Å². The molecule has 0 heterocycles. The van der Waals surface area contributed by atoms with Gasteiger partial charge in [-0.05, 0) is 72.0 Å². The number of rotatable bonds is 10. The summed E-state index contributed by atoms with van der Waals surface area (Å²) in [5, 5.41) is 3.38. The van der Waals surface area contributed by atoms with Crippen molar-refractivity contribution >= 4 is 11.6 Å². The number of nitrogens with one attached hydrogen (secondary N) is 1. The quantitative estimate of drug-likeness (QED) is 0.341. The second-order valence-electron chi connectivity index (χ2n) is 6.85. The molecule has 0 aliphatic heterocycles. The van der Waals surface area contributed by atoms with Gasteiger partial charge in [0, 0.05) is 12.4 Å². The molecular formula is C24H24ClF2NO. The van der Waals surface area contributed by atoms with Crippen LogP contribution in [0, 0.1) is 11.6 Å². The molecule has 0 spiro atoms. The molecule has 0 fully saturated rings. The Morgan fingerprint density at radius 3 is 2.03 bits per heavy atom. The Hall–Kier alpha value is -2.43. The minimum atomic E-state index is -0.257. The van der Waals surface area contributed by atoms with E-state index in [0.29, 0.717) is 19.0 Å². The largest absolute Gasteiger partial charge is 0.489 e. The fourth-order valence-electron chi connectivity index (χ4n) is 3.03. The predicted molar refractivity (Wildman–Crippen MR) is 113 cm³/mol. The Kier molecular flexibility index (Phi) is 8.03. The van der Waals surface area contributed by atoms with Gasteiger partial charge in [0.25, 0.3) is 0 Å². The number of alkyl halides is 1. The van der Waals surface area contributed by atoms with Crippen molar-refractivity contribution in [3.05, 3.63) is 101 Å². The topological polar surface area (TPSA) is 21.3 Å². The molecule has 0 saturated heterocycles. The maximum atomic E-state index is 13.1. The zero-order valence-corrected chi connectivity index (χ0v) is 16.9. The smallest absolute Gasteiger partial charge is 0.123 e. The van der Waals surface area contributed by atoms with Crippen molar-refractivity contribution in [2.24, 2.45) is 0 Å². The van der Waals surface area contributed by atoms with E-state index in [0.717, 1.165) is 41.8 Å². The molecular weight excluding hydrogens is 392 g/mol. The van der Waals surface area contributed by atoms with E-state index in [1.807, 2.05) is 12.1 Å². The van der Waals surface area contributed by atoms with Gasteiger partial charge in [0.2, 0.25) is 0 Å². The molecule has 2 nitrogen and oxygen atoms in total. The first kappa shape index (κ1) is 21.3. The molecule has 3 rings (SSSR count). The Balaban J connectivity index is 1.60. The lowest BCUT2D eigenvalue weighted by Gasteiger charge is -2.14. The molecule has 0 unspecified atom stereocenters. The lowest BCUT2D eigenvalue weighted by atomic mass is 10.0. The lowest BCUT2D eigenvalue weighted by Crippen LogP contribution is -2.17. The van der Waals surface area contributed by atoms with Crippen molar-refractivity contribution in [1.29, 1.82) is 0 Å². The zero-order valence-electron chi connectivity index (χ0n) is 16.1. The van der Waals surface area contributed by atoms with Crippen LogP contribution in [0.3, 0.4) is 0 Å². The van der Waals surface area contributed by atoms with Gasteiger partial charge in [-0.3, -0.25) is 0 Å². The van der Waals surface area contributed by atoms with Gasteiger partial charge in [-0.15, -0.1) is 11.6 Å². The highest BCUT2D eigenvalue weighted by atomic mass is 35.5. The van der Waals surface area contributed by atoms with Crippen LogP contribution in [0.5, 0.6) is 5.75 Å². The van der Waals surface area contributed by atoms with Gasteiger partial charge in [0.1, 0.15) is 24.0 Å². The summed E-state index contributed by atoms with van der Waals surface area (Å²) < 4.78 is 32.1. The summed E-state index contributed by atoms with van der Waals surface area (Å²) in [6.45, 7) is 1.81. The summed E-state index contributed by atoms with van der Waals surface area (Å²) in [6, 6.07) is 18.9. The summed E-state index contributed by atoms with van der Waals surface area (Å²) in [7, 11) is 0. The van der Waals surface area contributed by atoms with E-state index >= 15 is 0 Å². The zero-order chi connectivity index (χ0) is 20.5. The maximum absolute atomic E-state index is 13.1. The van der Waals surface area contributed by atoms with Crippen molar-refractivity contribution in [3.63, 3.8) is 0 Å². The van der Waals surface area contributed by atoms with Gasteiger partial charge in [-0.2, -0.15) is 0 Å². The molecule has 5 heteroatoms. The molecule has 0 saturated carbocycles. The molecule has 3 aromatic rings. The van der Waals surface area contributed by atoms with Gasteiger partial charge in [-0.25, -0.2) is 8.78 Å². The summed E-state index contributed by atoms with van der Waals surface area (Å²) in [5.74, 6) is 0.897. The van der Waals surface area contributed by atoms with Crippen molar-refractivity contribution in [3.8, 4) is 5.75 Å². The van der Waals surface area contributed by atoms with Gasteiger partial charge >= 0.3 is 0 Å². The summed E-state index contributed by atoms with van der Waals surface area (Å²) in [4.78, 5) is 0. The second-order valence-corrected chi connectivity index (χ2v) is 7.23. The number of hydrogen-bond acceptors (Lipinski definition) is 2. The molecule has 0 atom stereocenters. The molecule has 0 aromatic heterocycles. The number of aryl methyl sites for hydroxylation is 1. The third-order valence-electron chi connectivity index (χ3n) is 4.63. The number of ether oxygens (including phenoxy) is 1.